The van der Waals surface area contributed by atoms with Gasteiger partial charge in [-0.15, -0.1) is 0 Å². The molecule has 10 nitrogen and oxygen atoms in total. The van der Waals surface area contributed by atoms with Crippen LogP contribution in [-0.2, 0) is 16.9 Å². The summed E-state index contributed by atoms with van der Waals surface area (Å²) in [5.74, 6) is -0.966. The number of anilines is 3. The number of carbonyl (C=O) groups excluding carboxylic acids is 1. The maximum Gasteiger partial charge on any atom is 0.259 e. The third-order valence-corrected chi connectivity index (χ3v) is 8.50. The molecule has 4 aromatic carbocycles. The Morgan fingerprint density at radius 1 is 0.920 bits per heavy atom. The normalized spacial score (nSPS) is 16.9. The van der Waals surface area contributed by atoms with Crippen LogP contribution in [0.4, 0.5) is 30.2 Å². The average molecular weight is 687 g/mol. The minimum Gasteiger partial charge on any atom is -0.496 e. The molecule has 2 heterocycles. The Kier molecular flexibility index (Phi) is 10.5. The summed E-state index contributed by atoms with van der Waals surface area (Å²) in [6, 6.07) is 20.1. The van der Waals surface area contributed by atoms with Gasteiger partial charge >= 0.3 is 0 Å². The van der Waals surface area contributed by atoms with E-state index in [-0.39, 0.29) is 29.8 Å². The van der Waals surface area contributed by atoms with Crippen molar-refractivity contribution in [3.63, 3.8) is 0 Å². The van der Waals surface area contributed by atoms with Crippen molar-refractivity contribution in [3.05, 3.63) is 126 Å². The molecule has 0 aliphatic carbocycles. The van der Waals surface area contributed by atoms with Gasteiger partial charge in [0.2, 0.25) is 0 Å². The summed E-state index contributed by atoms with van der Waals surface area (Å²) in [5, 5.41) is 13.6. The Morgan fingerprint density at radius 3 is 2.34 bits per heavy atom. The van der Waals surface area contributed by atoms with Gasteiger partial charge < -0.3 is 30.2 Å². The first-order valence-electron chi connectivity index (χ1n) is 16.1. The third-order valence-electron chi connectivity index (χ3n) is 8.50. The van der Waals surface area contributed by atoms with Crippen LogP contribution < -0.4 is 25.4 Å². The summed E-state index contributed by atoms with van der Waals surface area (Å²) in [7, 11) is 1.50. The number of aryl methyl sites for hydroxylation is 1. The standard InChI is InChI=1S/C37H37F3N6O4/c1-24-15-29(42-13-14-43-30-8-10-31(35(17-30)48-2)36(47)45-28-6-3-26(38)4-7-28)9-12-34(24)49-19-25-18-37(50-20-25,21-46-23-41-22-44-46)32-11-5-27(39)16-33(32)40/h3-12,15-17,22-23,25,42-43H,13-14,18-21H2,1-2H3,(H,45,47)/t25-,37+/m1/s1. The Balaban J connectivity index is 0.992. The molecule has 2 atom stereocenters. The smallest absolute Gasteiger partial charge is 0.259 e. The highest BCUT2D eigenvalue weighted by Gasteiger charge is 2.44. The van der Waals surface area contributed by atoms with Crippen LogP contribution in [0, 0.1) is 30.3 Å². The van der Waals surface area contributed by atoms with Crippen molar-refractivity contribution in [2.75, 3.05) is 49.4 Å². The van der Waals surface area contributed by atoms with Gasteiger partial charge in [-0.2, -0.15) is 5.10 Å². The zero-order chi connectivity index (χ0) is 35.1. The third kappa shape index (κ3) is 8.17. The number of nitrogens with one attached hydrogen (secondary N) is 3. The summed E-state index contributed by atoms with van der Waals surface area (Å²) in [4.78, 5) is 16.7. The van der Waals surface area contributed by atoms with Crippen LogP contribution in [0.1, 0.15) is 27.9 Å². The Labute approximate surface area is 287 Å². The molecular weight excluding hydrogens is 649 g/mol. The Hall–Kier alpha value is -5.56. The molecule has 1 aliphatic heterocycles. The van der Waals surface area contributed by atoms with E-state index in [1.807, 2.05) is 25.1 Å². The number of halogens is 3. The number of aromatic nitrogens is 3. The van der Waals surface area contributed by atoms with Crippen LogP contribution in [-0.4, -0.2) is 54.1 Å². The first-order chi connectivity index (χ1) is 24.2. The maximum absolute atomic E-state index is 15.0. The second kappa shape index (κ2) is 15.3. The lowest BCUT2D eigenvalue weighted by atomic mass is 9.87. The van der Waals surface area contributed by atoms with Crippen molar-refractivity contribution >= 4 is 23.0 Å². The van der Waals surface area contributed by atoms with Gasteiger partial charge in [0.05, 0.1) is 32.4 Å². The number of hydrogen-bond acceptors (Lipinski definition) is 8. The monoisotopic (exact) mass is 686 g/mol. The van der Waals surface area contributed by atoms with Gasteiger partial charge in [-0.25, -0.2) is 22.8 Å². The minimum absolute atomic E-state index is 0.0388. The molecule has 260 valence electrons. The van der Waals surface area contributed by atoms with E-state index in [1.54, 1.807) is 29.2 Å². The maximum atomic E-state index is 15.0. The minimum atomic E-state index is -1.04. The quantitative estimate of drug-likeness (QED) is 0.110. The fourth-order valence-corrected chi connectivity index (χ4v) is 6.05. The van der Waals surface area contributed by atoms with Crippen LogP contribution in [0.25, 0.3) is 0 Å². The van der Waals surface area contributed by atoms with Crippen LogP contribution in [0.2, 0.25) is 0 Å². The lowest BCUT2D eigenvalue weighted by Crippen LogP contribution is -2.32. The largest absolute Gasteiger partial charge is 0.496 e. The highest BCUT2D eigenvalue weighted by Crippen LogP contribution is 2.42. The molecule has 6 rings (SSSR count). The van der Waals surface area contributed by atoms with E-state index in [0.29, 0.717) is 49.7 Å². The van der Waals surface area contributed by atoms with Crippen molar-refractivity contribution in [1.82, 2.24) is 14.8 Å². The molecule has 0 bridgehead atoms. The first-order valence-corrected chi connectivity index (χ1v) is 16.1. The second-order valence-corrected chi connectivity index (χ2v) is 12.1. The summed E-state index contributed by atoms with van der Waals surface area (Å²) in [6.45, 7) is 4.10. The highest BCUT2D eigenvalue weighted by molar-refractivity contribution is 6.06. The predicted molar refractivity (Wildman–Crippen MR) is 183 cm³/mol. The van der Waals surface area contributed by atoms with Crippen molar-refractivity contribution in [1.29, 1.82) is 0 Å². The zero-order valence-electron chi connectivity index (χ0n) is 27.6. The number of rotatable bonds is 14. The molecular formula is C37H37F3N6O4. The van der Waals surface area contributed by atoms with Gasteiger partial charge in [-0.05, 0) is 79.6 Å². The van der Waals surface area contributed by atoms with Gasteiger partial charge in [0.1, 0.15) is 47.2 Å². The summed E-state index contributed by atoms with van der Waals surface area (Å²) >= 11 is 0. The molecule has 13 heteroatoms. The molecule has 0 saturated carbocycles. The molecule has 1 amide bonds. The molecule has 50 heavy (non-hydrogen) atoms. The number of amides is 1. The number of ether oxygens (including phenoxy) is 3. The van der Waals surface area contributed by atoms with Crippen molar-refractivity contribution < 1.29 is 32.2 Å². The molecule has 0 unspecified atom stereocenters. The van der Waals surface area contributed by atoms with E-state index in [0.717, 1.165) is 28.8 Å². The fourth-order valence-electron chi connectivity index (χ4n) is 6.05. The van der Waals surface area contributed by atoms with Crippen molar-refractivity contribution in [2.24, 2.45) is 5.92 Å². The predicted octanol–water partition coefficient (Wildman–Crippen LogP) is 6.80. The molecule has 0 radical (unpaired) electrons. The van der Waals surface area contributed by atoms with Gasteiger partial charge in [0.15, 0.2) is 0 Å². The van der Waals surface area contributed by atoms with Gasteiger partial charge in [0, 0.05) is 53.8 Å². The van der Waals surface area contributed by atoms with Crippen LogP contribution >= 0.6 is 0 Å². The van der Waals surface area contributed by atoms with Crippen LogP contribution in [0.5, 0.6) is 11.5 Å². The second-order valence-electron chi connectivity index (χ2n) is 12.1. The van der Waals surface area contributed by atoms with Gasteiger partial charge in [0.25, 0.3) is 5.91 Å². The van der Waals surface area contributed by atoms with E-state index in [1.165, 1.54) is 49.8 Å². The molecule has 1 saturated heterocycles. The summed E-state index contributed by atoms with van der Waals surface area (Å²) in [5.41, 5.74) is 2.72. The Bertz CT molecular complexity index is 1930. The van der Waals surface area contributed by atoms with E-state index in [2.05, 4.69) is 26.0 Å². The Morgan fingerprint density at radius 2 is 1.64 bits per heavy atom. The van der Waals surface area contributed by atoms with E-state index in [4.69, 9.17) is 14.2 Å². The SMILES string of the molecule is COc1cc(NCCNc2ccc(OC[C@@H]3CO[C@@](Cn4cncn4)(c4ccc(F)cc4F)C3)c(C)c2)ccc1C(=O)Nc1ccc(F)cc1. The van der Waals surface area contributed by atoms with E-state index in [9.17, 15) is 18.0 Å². The molecule has 1 aromatic heterocycles. The molecule has 5 aromatic rings. The van der Waals surface area contributed by atoms with Gasteiger partial charge in [-0.1, -0.05) is 6.07 Å². The number of benzene rings is 4. The van der Waals surface area contributed by atoms with Crippen LogP contribution in [0.3, 0.4) is 0 Å². The fraction of sp³-hybridized carbons (Fsp3) is 0.270. The first kappa shape index (κ1) is 34.3. The van der Waals surface area contributed by atoms with Crippen molar-refractivity contribution in [3.8, 4) is 11.5 Å². The average Bonchev–Trinajstić information content (AvgIpc) is 3.77. The summed E-state index contributed by atoms with van der Waals surface area (Å²) < 4.78 is 61.3. The molecule has 1 aliphatic rings. The zero-order valence-corrected chi connectivity index (χ0v) is 27.6. The number of methoxy groups -OCH3 is 1. The number of nitrogens with zero attached hydrogens (tertiary/aromatic N) is 3. The van der Waals surface area contributed by atoms with E-state index >= 15 is 0 Å². The number of carbonyl (C=O) groups is 1. The van der Waals surface area contributed by atoms with Crippen molar-refractivity contribution in [2.45, 2.75) is 25.5 Å². The lowest BCUT2D eigenvalue weighted by molar-refractivity contribution is -0.0206. The van der Waals surface area contributed by atoms with E-state index < -0.39 is 17.2 Å². The molecule has 0 spiro atoms. The molecule has 3 N–H and O–H groups in total. The van der Waals surface area contributed by atoms with Gasteiger partial charge in [-0.3, -0.25) is 4.79 Å². The van der Waals surface area contributed by atoms with Crippen LogP contribution in [0.15, 0.2) is 91.5 Å². The lowest BCUT2D eigenvalue weighted by Gasteiger charge is -2.29. The molecule has 1 fully saturated rings. The highest BCUT2D eigenvalue weighted by atomic mass is 19.1. The number of hydrogen-bond donors (Lipinski definition) is 3. The summed E-state index contributed by atoms with van der Waals surface area (Å²) in [6.07, 6.45) is 3.40. The topological polar surface area (TPSA) is 112 Å².